The van der Waals surface area contributed by atoms with E-state index in [0.29, 0.717) is 12.8 Å². The highest BCUT2D eigenvalue weighted by Gasteiger charge is 2.10. The molecular weight excluding hydrogens is 272 g/mol. The lowest BCUT2D eigenvalue weighted by Gasteiger charge is -2.16. The first-order chi connectivity index (χ1) is 10.1. The first kappa shape index (κ1) is 16.7. The largest absolute Gasteiger partial charge is 0.478 e. The molecule has 6 heteroatoms. The van der Waals surface area contributed by atoms with Gasteiger partial charge in [0.25, 0.3) is 0 Å². The summed E-state index contributed by atoms with van der Waals surface area (Å²) in [5.74, 6) is -0.986. The summed E-state index contributed by atoms with van der Waals surface area (Å²) >= 11 is 0. The molecule has 1 rings (SSSR count). The number of rotatable bonds is 8. The summed E-state index contributed by atoms with van der Waals surface area (Å²) in [4.78, 5) is 22.4. The topological polar surface area (TPSA) is 98.7 Å². The Kier molecular flexibility index (Phi) is 6.97. The number of aliphatic hydroxyl groups is 1. The van der Waals surface area contributed by atoms with Gasteiger partial charge in [-0.25, -0.2) is 9.59 Å². The molecule has 1 aromatic carbocycles. The van der Waals surface area contributed by atoms with Crippen molar-refractivity contribution in [2.75, 3.05) is 6.61 Å². The summed E-state index contributed by atoms with van der Waals surface area (Å²) in [6, 6.07) is 5.57. The van der Waals surface area contributed by atoms with E-state index in [1.807, 2.05) is 0 Å². The molecule has 0 aromatic heterocycles. The average molecular weight is 292 g/mol. The molecule has 0 saturated carbocycles. The van der Waals surface area contributed by atoms with Gasteiger partial charge in [0.1, 0.15) is 0 Å². The smallest absolute Gasteiger partial charge is 0.335 e. The van der Waals surface area contributed by atoms with E-state index in [1.165, 1.54) is 12.1 Å². The van der Waals surface area contributed by atoms with Crippen LogP contribution in [-0.2, 0) is 6.54 Å². The van der Waals surface area contributed by atoms with Gasteiger partial charge in [0, 0.05) is 6.54 Å². The normalized spacial score (nSPS) is 11.5. The minimum Gasteiger partial charge on any atom is -0.478 e. The zero-order valence-corrected chi connectivity index (χ0v) is 11.7. The Labute approximate surface area is 123 Å². The van der Waals surface area contributed by atoms with Gasteiger partial charge in [-0.1, -0.05) is 18.2 Å². The molecule has 0 heterocycles. The van der Waals surface area contributed by atoms with Crippen LogP contribution in [0.4, 0.5) is 4.79 Å². The van der Waals surface area contributed by atoms with Crippen LogP contribution >= 0.6 is 0 Å². The van der Waals surface area contributed by atoms with Gasteiger partial charge in [-0.05, 0) is 30.5 Å². The molecule has 0 radical (unpaired) electrons. The van der Waals surface area contributed by atoms with Gasteiger partial charge in [-0.15, -0.1) is 6.58 Å². The molecule has 1 atom stereocenters. The molecule has 6 nitrogen and oxygen atoms in total. The lowest BCUT2D eigenvalue weighted by atomic mass is 10.1. The summed E-state index contributed by atoms with van der Waals surface area (Å²) in [7, 11) is 0. The van der Waals surface area contributed by atoms with Gasteiger partial charge in [-0.2, -0.15) is 0 Å². The molecule has 2 amide bonds. The zero-order valence-electron chi connectivity index (χ0n) is 11.7. The number of carboxylic acid groups (broad SMARTS) is 1. The van der Waals surface area contributed by atoms with Crippen LogP contribution in [-0.4, -0.2) is 34.9 Å². The summed E-state index contributed by atoms with van der Waals surface area (Å²) < 4.78 is 0. The number of carboxylic acids is 1. The van der Waals surface area contributed by atoms with Crippen molar-refractivity contribution < 1.29 is 19.8 Å². The molecule has 0 aliphatic heterocycles. The van der Waals surface area contributed by atoms with Crippen molar-refractivity contribution in [2.24, 2.45) is 0 Å². The molecule has 1 aromatic rings. The molecular formula is C15H20N2O4. The van der Waals surface area contributed by atoms with Crippen LogP contribution in [0.2, 0.25) is 0 Å². The molecule has 0 spiro atoms. The number of hydrogen-bond acceptors (Lipinski definition) is 3. The van der Waals surface area contributed by atoms with Crippen molar-refractivity contribution >= 4 is 12.0 Å². The zero-order chi connectivity index (χ0) is 15.7. The number of benzene rings is 1. The third kappa shape index (κ3) is 6.09. The van der Waals surface area contributed by atoms with E-state index in [9.17, 15) is 9.59 Å². The highest BCUT2D eigenvalue weighted by atomic mass is 16.4. The minimum atomic E-state index is -0.986. The summed E-state index contributed by atoms with van der Waals surface area (Å²) in [5, 5.41) is 23.2. The van der Waals surface area contributed by atoms with Gasteiger partial charge in [0.2, 0.25) is 0 Å². The van der Waals surface area contributed by atoms with Gasteiger partial charge in [-0.3, -0.25) is 0 Å². The fourth-order valence-corrected chi connectivity index (χ4v) is 1.71. The van der Waals surface area contributed by atoms with Crippen molar-refractivity contribution in [1.29, 1.82) is 0 Å². The second-order valence-corrected chi connectivity index (χ2v) is 4.57. The fraction of sp³-hybridized carbons (Fsp3) is 0.333. The van der Waals surface area contributed by atoms with E-state index in [4.69, 9.17) is 10.2 Å². The quantitative estimate of drug-likeness (QED) is 0.546. The van der Waals surface area contributed by atoms with E-state index in [1.54, 1.807) is 18.2 Å². The number of nitrogens with one attached hydrogen (secondary N) is 2. The highest BCUT2D eigenvalue weighted by Crippen LogP contribution is 2.04. The Morgan fingerprint density at radius 2 is 1.95 bits per heavy atom. The van der Waals surface area contributed by atoms with E-state index in [2.05, 4.69) is 17.2 Å². The number of amides is 2. The van der Waals surface area contributed by atoms with E-state index < -0.39 is 5.97 Å². The summed E-state index contributed by atoms with van der Waals surface area (Å²) in [6.07, 6.45) is 3.06. The van der Waals surface area contributed by atoms with Gasteiger partial charge >= 0.3 is 12.0 Å². The Balaban J connectivity index is 2.41. The Hall–Kier alpha value is -2.34. The van der Waals surface area contributed by atoms with Crippen LogP contribution < -0.4 is 10.6 Å². The maximum absolute atomic E-state index is 11.7. The van der Waals surface area contributed by atoms with Crippen molar-refractivity contribution in [2.45, 2.75) is 25.4 Å². The van der Waals surface area contributed by atoms with Crippen molar-refractivity contribution in [1.82, 2.24) is 10.6 Å². The lowest BCUT2D eigenvalue weighted by Crippen LogP contribution is -2.43. The molecule has 1 unspecified atom stereocenters. The molecule has 0 fully saturated rings. The molecule has 0 aliphatic rings. The summed E-state index contributed by atoms with van der Waals surface area (Å²) in [5.41, 5.74) is 0.995. The standard InChI is InChI=1S/C15H20N2O4/c1-2-3-4-13(10-18)17-15(21)16-9-11-5-7-12(8-6-11)14(19)20/h2,5-8,13,18H,1,3-4,9-10H2,(H,19,20)(H2,16,17,21). The van der Waals surface area contributed by atoms with E-state index >= 15 is 0 Å². The van der Waals surface area contributed by atoms with Gasteiger partial charge in [0.15, 0.2) is 0 Å². The second kappa shape index (κ2) is 8.76. The number of hydrogen-bond donors (Lipinski definition) is 4. The molecule has 21 heavy (non-hydrogen) atoms. The number of aromatic carboxylic acids is 1. The first-order valence-electron chi connectivity index (χ1n) is 6.65. The Bertz CT molecular complexity index is 485. The Morgan fingerprint density at radius 3 is 2.48 bits per heavy atom. The SMILES string of the molecule is C=CCCC(CO)NC(=O)NCc1ccc(C(=O)O)cc1. The third-order valence-corrected chi connectivity index (χ3v) is 2.93. The third-order valence-electron chi connectivity index (χ3n) is 2.93. The molecule has 114 valence electrons. The Morgan fingerprint density at radius 1 is 1.29 bits per heavy atom. The maximum Gasteiger partial charge on any atom is 0.335 e. The van der Waals surface area contributed by atoms with Crippen LogP contribution in [0.25, 0.3) is 0 Å². The van der Waals surface area contributed by atoms with Crippen LogP contribution in [0.3, 0.4) is 0 Å². The van der Waals surface area contributed by atoms with Crippen molar-refractivity contribution in [3.8, 4) is 0 Å². The summed E-state index contributed by atoms with van der Waals surface area (Å²) in [6.45, 7) is 3.74. The fourth-order valence-electron chi connectivity index (χ4n) is 1.71. The van der Waals surface area contributed by atoms with Crippen LogP contribution in [0.15, 0.2) is 36.9 Å². The molecule has 4 N–H and O–H groups in total. The van der Waals surface area contributed by atoms with E-state index in [0.717, 1.165) is 5.56 Å². The predicted octanol–water partition coefficient (Wildman–Crippen LogP) is 1.51. The molecule has 0 saturated heterocycles. The number of allylic oxidation sites excluding steroid dienone is 1. The molecule has 0 aliphatic carbocycles. The molecule has 0 bridgehead atoms. The monoisotopic (exact) mass is 292 g/mol. The highest BCUT2D eigenvalue weighted by molar-refractivity contribution is 5.87. The van der Waals surface area contributed by atoms with Crippen molar-refractivity contribution in [3.05, 3.63) is 48.0 Å². The number of carbonyl (C=O) groups excluding carboxylic acids is 1. The van der Waals surface area contributed by atoms with Gasteiger partial charge in [0.05, 0.1) is 18.2 Å². The number of urea groups is 1. The van der Waals surface area contributed by atoms with E-state index in [-0.39, 0.29) is 30.8 Å². The van der Waals surface area contributed by atoms with Crippen LogP contribution in [0.1, 0.15) is 28.8 Å². The first-order valence-corrected chi connectivity index (χ1v) is 6.65. The number of aliphatic hydroxyl groups excluding tert-OH is 1. The van der Waals surface area contributed by atoms with Crippen LogP contribution in [0, 0.1) is 0 Å². The van der Waals surface area contributed by atoms with Crippen molar-refractivity contribution in [3.63, 3.8) is 0 Å². The maximum atomic E-state index is 11.7. The predicted molar refractivity (Wildman–Crippen MR) is 79.1 cm³/mol. The number of carbonyl (C=O) groups is 2. The minimum absolute atomic E-state index is 0.130. The van der Waals surface area contributed by atoms with Gasteiger partial charge < -0.3 is 20.8 Å². The second-order valence-electron chi connectivity index (χ2n) is 4.57. The lowest BCUT2D eigenvalue weighted by molar-refractivity contribution is 0.0697. The van der Waals surface area contributed by atoms with Crippen LogP contribution in [0.5, 0.6) is 0 Å². The average Bonchev–Trinajstić information content (AvgIpc) is 2.49.